The molecule has 0 amide bonds. The number of aryl methyl sites for hydroxylation is 2. The van der Waals surface area contributed by atoms with Crippen LogP contribution in [0.1, 0.15) is 21.9 Å². The number of pyridine rings is 1. The average Bonchev–Trinajstić information content (AvgIpc) is 3.01. The van der Waals surface area contributed by atoms with Crippen LogP contribution < -0.4 is 4.72 Å². The lowest BCUT2D eigenvalue weighted by Gasteiger charge is -2.08. The topological polar surface area (TPSA) is 94.0 Å². The van der Waals surface area contributed by atoms with E-state index in [1.54, 1.807) is 49.1 Å². The van der Waals surface area contributed by atoms with Gasteiger partial charge in [-0.1, -0.05) is 0 Å². The maximum absolute atomic E-state index is 12.3. The van der Waals surface area contributed by atoms with Gasteiger partial charge in [0.15, 0.2) is 5.82 Å². The van der Waals surface area contributed by atoms with E-state index in [9.17, 15) is 13.2 Å². The van der Waals surface area contributed by atoms with Gasteiger partial charge in [0.2, 0.25) is 5.78 Å². The Morgan fingerprint density at radius 2 is 1.80 bits per heavy atom. The summed E-state index contributed by atoms with van der Waals surface area (Å²) in [6, 6.07) is 9.31. The van der Waals surface area contributed by atoms with E-state index in [2.05, 4.69) is 14.7 Å². The van der Waals surface area contributed by atoms with Gasteiger partial charge >= 0.3 is 0 Å². The molecule has 0 radical (unpaired) electrons. The lowest BCUT2D eigenvalue weighted by atomic mass is 10.1. The molecular weight excluding hydrogens is 340 g/mol. The molecule has 1 aromatic carbocycles. The van der Waals surface area contributed by atoms with Crippen LogP contribution in [-0.4, -0.2) is 28.7 Å². The summed E-state index contributed by atoms with van der Waals surface area (Å²) in [7, 11) is -1.99. The predicted octanol–water partition coefficient (Wildman–Crippen LogP) is 2.16. The zero-order valence-electron chi connectivity index (χ0n) is 13.7. The summed E-state index contributed by atoms with van der Waals surface area (Å²) < 4.78 is 28.8. The molecule has 0 atom stereocenters. The van der Waals surface area contributed by atoms with Crippen molar-refractivity contribution in [1.29, 1.82) is 0 Å². The fourth-order valence-electron chi connectivity index (χ4n) is 2.23. The fourth-order valence-corrected chi connectivity index (χ4v) is 3.23. The molecule has 0 aliphatic carbocycles. The molecule has 0 bridgehead atoms. The van der Waals surface area contributed by atoms with Gasteiger partial charge < -0.3 is 4.57 Å². The van der Waals surface area contributed by atoms with E-state index < -0.39 is 10.0 Å². The molecule has 0 saturated carbocycles. The Bertz CT molecular complexity index is 1010. The largest absolute Gasteiger partial charge is 0.331 e. The smallest absolute Gasteiger partial charge is 0.263 e. The van der Waals surface area contributed by atoms with Gasteiger partial charge in [0, 0.05) is 42.6 Å². The molecule has 0 aliphatic rings. The highest BCUT2D eigenvalue weighted by atomic mass is 32.2. The molecule has 0 unspecified atom stereocenters. The highest BCUT2D eigenvalue weighted by Gasteiger charge is 2.16. The highest BCUT2D eigenvalue weighted by molar-refractivity contribution is 7.92. The number of rotatable bonds is 5. The van der Waals surface area contributed by atoms with Crippen LogP contribution in [-0.2, 0) is 17.1 Å². The standard InChI is InChI=1S/C17H16N4O3S/c1-12-3-8-15(11-19-12)25(23,24)20-14-6-4-13(5-7-14)16(22)17-18-9-10-21(17)2/h3-11,20H,1-2H3. The van der Waals surface area contributed by atoms with Crippen LogP contribution in [0.4, 0.5) is 5.69 Å². The lowest BCUT2D eigenvalue weighted by molar-refractivity contribution is 0.102. The zero-order valence-corrected chi connectivity index (χ0v) is 14.5. The molecule has 0 spiro atoms. The maximum Gasteiger partial charge on any atom is 0.263 e. The molecular formula is C17H16N4O3S. The van der Waals surface area contributed by atoms with E-state index in [1.807, 2.05) is 0 Å². The summed E-state index contributed by atoms with van der Waals surface area (Å²) in [4.78, 5) is 20.4. The van der Waals surface area contributed by atoms with Gasteiger partial charge in [0.25, 0.3) is 10.0 Å². The van der Waals surface area contributed by atoms with Crippen molar-refractivity contribution in [2.24, 2.45) is 7.05 Å². The van der Waals surface area contributed by atoms with Gasteiger partial charge in [-0.05, 0) is 43.3 Å². The van der Waals surface area contributed by atoms with Crippen molar-refractivity contribution >= 4 is 21.5 Å². The number of ketones is 1. The molecule has 3 aromatic rings. The second-order valence-corrected chi connectivity index (χ2v) is 7.19. The zero-order chi connectivity index (χ0) is 18.0. The maximum atomic E-state index is 12.3. The van der Waals surface area contributed by atoms with Crippen molar-refractivity contribution < 1.29 is 13.2 Å². The number of nitrogens with zero attached hydrogens (tertiary/aromatic N) is 3. The van der Waals surface area contributed by atoms with E-state index in [-0.39, 0.29) is 10.7 Å². The van der Waals surface area contributed by atoms with Crippen molar-refractivity contribution in [2.45, 2.75) is 11.8 Å². The predicted molar refractivity (Wildman–Crippen MR) is 92.9 cm³/mol. The summed E-state index contributed by atoms with van der Waals surface area (Å²) in [6.45, 7) is 1.78. The quantitative estimate of drug-likeness (QED) is 0.707. The van der Waals surface area contributed by atoms with E-state index in [4.69, 9.17) is 0 Å². The Kier molecular flexibility index (Phi) is 4.37. The number of aromatic nitrogens is 3. The number of carbonyl (C=O) groups is 1. The van der Waals surface area contributed by atoms with Gasteiger partial charge in [-0.3, -0.25) is 14.5 Å². The van der Waals surface area contributed by atoms with E-state index >= 15 is 0 Å². The second kappa shape index (κ2) is 6.48. The third-order valence-corrected chi connectivity index (χ3v) is 4.98. The number of hydrogen-bond donors (Lipinski definition) is 1. The van der Waals surface area contributed by atoms with E-state index in [0.29, 0.717) is 17.1 Å². The summed E-state index contributed by atoms with van der Waals surface area (Å²) in [5.74, 6) is 0.0868. The summed E-state index contributed by atoms with van der Waals surface area (Å²) in [6.07, 6.45) is 4.54. The van der Waals surface area contributed by atoms with Crippen LogP contribution in [0.3, 0.4) is 0 Å². The molecule has 0 fully saturated rings. The van der Waals surface area contributed by atoms with E-state index in [1.165, 1.54) is 24.4 Å². The summed E-state index contributed by atoms with van der Waals surface area (Å²) in [5, 5.41) is 0. The molecule has 0 saturated heterocycles. The first-order chi connectivity index (χ1) is 11.9. The first-order valence-electron chi connectivity index (χ1n) is 7.44. The molecule has 25 heavy (non-hydrogen) atoms. The van der Waals surface area contributed by atoms with Crippen LogP contribution in [0, 0.1) is 6.92 Å². The summed E-state index contributed by atoms with van der Waals surface area (Å²) >= 11 is 0. The number of sulfonamides is 1. The molecule has 1 N–H and O–H groups in total. The number of nitrogens with one attached hydrogen (secondary N) is 1. The third kappa shape index (κ3) is 3.58. The Balaban J connectivity index is 1.80. The third-order valence-electron chi connectivity index (χ3n) is 3.62. The van der Waals surface area contributed by atoms with Gasteiger partial charge in [-0.25, -0.2) is 13.4 Å². The second-order valence-electron chi connectivity index (χ2n) is 5.51. The molecule has 2 aromatic heterocycles. The molecule has 8 heteroatoms. The van der Waals surface area contributed by atoms with Crippen LogP contribution in [0.5, 0.6) is 0 Å². The summed E-state index contributed by atoms with van der Waals surface area (Å²) in [5.41, 5.74) is 1.52. The van der Waals surface area contributed by atoms with Gasteiger partial charge in [-0.2, -0.15) is 0 Å². The van der Waals surface area contributed by atoms with Crippen molar-refractivity contribution in [3.63, 3.8) is 0 Å². The Morgan fingerprint density at radius 3 is 2.36 bits per heavy atom. The number of hydrogen-bond acceptors (Lipinski definition) is 5. The number of carbonyl (C=O) groups excluding carboxylic acids is 1. The normalized spacial score (nSPS) is 11.3. The number of benzene rings is 1. The van der Waals surface area contributed by atoms with Crippen LogP contribution >= 0.6 is 0 Å². The van der Waals surface area contributed by atoms with Crippen molar-refractivity contribution in [3.8, 4) is 0 Å². The minimum Gasteiger partial charge on any atom is -0.331 e. The van der Waals surface area contributed by atoms with Gasteiger partial charge in [0.05, 0.1) is 0 Å². The van der Waals surface area contributed by atoms with Gasteiger partial charge in [-0.15, -0.1) is 0 Å². The number of anilines is 1. The lowest BCUT2D eigenvalue weighted by Crippen LogP contribution is -2.13. The average molecular weight is 356 g/mol. The molecule has 128 valence electrons. The molecule has 7 nitrogen and oxygen atoms in total. The van der Waals surface area contributed by atoms with Crippen molar-refractivity contribution in [3.05, 3.63) is 72.1 Å². The van der Waals surface area contributed by atoms with Crippen LogP contribution in [0.2, 0.25) is 0 Å². The first kappa shape index (κ1) is 16.8. The Morgan fingerprint density at radius 1 is 1.08 bits per heavy atom. The van der Waals surface area contributed by atoms with Crippen molar-refractivity contribution in [2.75, 3.05) is 4.72 Å². The Labute approximate surface area is 145 Å². The van der Waals surface area contributed by atoms with Gasteiger partial charge in [0.1, 0.15) is 4.90 Å². The fraction of sp³-hybridized carbons (Fsp3) is 0.118. The SMILES string of the molecule is Cc1ccc(S(=O)(=O)Nc2ccc(C(=O)c3nccn3C)cc2)cn1. The van der Waals surface area contributed by atoms with E-state index in [0.717, 1.165) is 5.69 Å². The Hall–Kier alpha value is -3.00. The minimum atomic E-state index is -3.73. The monoisotopic (exact) mass is 356 g/mol. The van der Waals surface area contributed by atoms with Crippen LogP contribution in [0.25, 0.3) is 0 Å². The van der Waals surface area contributed by atoms with Crippen LogP contribution in [0.15, 0.2) is 59.9 Å². The highest BCUT2D eigenvalue weighted by Crippen LogP contribution is 2.17. The molecule has 3 rings (SSSR count). The molecule has 0 aliphatic heterocycles. The van der Waals surface area contributed by atoms with Crippen molar-refractivity contribution in [1.82, 2.24) is 14.5 Å². The minimum absolute atomic E-state index is 0.0752. The number of imidazole rings is 1. The molecule has 2 heterocycles. The first-order valence-corrected chi connectivity index (χ1v) is 8.93.